The first-order chi connectivity index (χ1) is 5.68. The van der Waals surface area contributed by atoms with Crippen LogP contribution in [0.15, 0.2) is 18.2 Å². The van der Waals surface area contributed by atoms with E-state index in [0.717, 1.165) is 20.8 Å². The molecule has 0 aliphatic heterocycles. The van der Waals surface area contributed by atoms with E-state index in [4.69, 9.17) is 23.1 Å². The lowest BCUT2D eigenvalue weighted by molar-refractivity contribution is 1.80. The number of anilines is 2. The highest BCUT2D eigenvalue weighted by Crippen LogP contribution is 2.36. The third kappa shape index (κ3) is 1.02. The maximum Gasteiger partial charge on any atom is 0.0870 e. The third-order valence-corrected chi connectivity index (χ3v) is 3.02. The van der Waals surface area contributed by atoms with Gasteiger partial charge in [-0.05, 0) is 18.2 Å². The van der Waals surface area contributed by atoms with Gasteiger partial charge in [0.2, 0.25) is 0 Å². The largest absolute Gasteiger partial charge is 0.398 e. The highest BCUT2D eigenvalue weighted by atomic mass is 35.5. The third-order valence-electron chi connectivity index (χ3n) is 1.68. The fourth-order valence-electron chi connectivity index (χ4n) is 1.13. The fraction of sp³-hybridized carbons (Fsp3) is 0. The molecule has 0 spiro atoms. The Morgan fingerprint density at radius 2 is 2.00 bits per heavy atom. The summed E-state index contributed by atoms with van der Waals surface area (Å²) in [4.78, 5) is 0. The lowest BCUT2D eigenvalue weighted by Crippen LogP contribution is -1.82. The van der Waals surface area contributed by atoms with Gasteiger partial charge in [0.05, 0.1) is 9.70 Å². The molecule has 1 heterocycles. The standard InChI is InChI=1S/C8H7ClN2S/c9-5-1-2-6(10)8-4(5)3-7(11)12-8/h1-3H,10-11H2. The molecule has 0 unspecified atom stereocenters. The van der Waals surface area contributed by atoms with Crippen molar-refractivity contribution in [3.63, 3.8) is 0 Å². The summed E-state index contributed by atoms with van der Waals surface area (Å²) >= 11 is 7.40. The van der Waals surface area contributed by atoms with Crippen LogP contribution in [0, 0.1) is 0 Å². The predicted octanol–water partition coefficient (Wildman–Crippen LogP) is 2.72. The number of rotatable bonds is 0. The van der Waals surface area contributed by atoms with E-state index in [1.165, 1.54) is 11.3 Å². The Morgan fingerprint density at radius 3 is 2.67 bits per heavy atom. The molecule has 0 aliphatic carbocycles. The SMILES string of the molecule is Nc1cc2c(Cl)ccc(N)c2s1. The molecule has 0 fully saturated rings. The number of benzene rings is 1. The Bertz CT molecular complexity index is 397. The van der Waals surface area contributed by atoms with Crippen LogP contribution in [0.25, 0.3) is 10.1 Å². The molecular weight excluding hydrogens is 192 g/mol. The Hall–Kier alpha value is -0.930. The van der Waals surface area contributed by atoms with Crippen molar-refractivity contribution in [2.45, 2.75) is 0 Å². The van der Waals surface area contributed by atoms with Gasteiger partial charge in [0.25, 0.3) is 0 Å². The number of thiophene rings is 1. The maximum absolute atomic E-state index is 5.94. The average molecular weight is 199 g/mol. The summed E-state index contributed by atoms with van der Waals surface area (Å²) in [7, 11) is 0. The monoisotopic (exact) mass is 198 g/mol. The fourth-order valence-corrected chi connectivity index (χ4v) is 2.28. The maximum atomic E-state index is 5.94. The first-order valence-electron chi connectivity index (χ1n) is 3.41. The van der Waals surface area contributed by atoms with Gasteiger partial charge in [-0.25, -0.2) is 0 Å². The van der Waals surface area contributed by atoms with Crippen molar-refractivity contribution < 1.29 is 0 Å². The molecule has 0 bridgehead atoms. The van der Waals surface area contributed by atoms with E-state index in [1.54, 1.807) is 12.1 Å². The molecule has 4 N–H and O–H groups in total. The summed E-state index contributed by atoms with van der Waals surface area (Å²) in [6.07, 6.45) is 0. The number of fused-ring (bicyclic) bond motifs is 1. The topological polar surface area (TPSA) is 52.0 Å². The lowest BCUT2D eigenvalue weighted by atomic mass is 10.2. The Kier molecular flexibility index (Phi) is 1.63. The molecular formula is C8H7ClN2S. The summed E-state index contributed by atoms with van der Waals surface area (Å²) < 4.78 is 0.972. The average Bonchev–Trinajstić information content (AvgIpc) is 2.41. The predicted molar refractivity (Wildman–Crippen MR) is 55.7 cm³/mol. The molecule has 1 aromatic carbocycles. The van der Waals surface area contributed by atoms with Crippen LogP contribution in [0.4, 0.5) is 10.7 Å². The smallest absolute Gasteiger partial charge is 0.0870 e. The van der Waals surface area contributed by atoms with Crippen molar-refractivity contribution in [2.75, 3.05) is 11.5 Å². The molecule has 0 saturated carbocycles. The van der Waals surface area contributed by atoms with E-state index in [2.05, 4.69) is 0 Å². The second kappa shape index (κ2) is 2.54. The first-order valence-corrected chi connectivity index (χ1v) is 4.61. The zero-order valence-corrected chi connectivity index (χ0v) is 7.75. The van der Waals surface area contributed by atoms with Crippen LogP contribution >= 0.6 is 22.9 Å². The molecule has 0 amide bonds. The summed E-state index contributed by atoms with van der Waals surface area (Å²) in [5.41, 5.74) is 12.1. The van der Waals surface area contributed by atoms with Crippen LogP contribution in [0.5, 0.6) is 0 Å². The van der Waals surface area contributed by atoms with Crippen molar-refractivity contribution in [1.82, 2.24) is 0 Å². The summed E-state index contributed by atoms with van der Waals surface area (Å²) in [6, 6.07) is 5.42. The van der Waals surface area contributed by atoms with Crippen molar-refractivity contribution in [2.24, 2.45) is 0 Å². The minimum atomic E-state index is 0.701. The second-order valence-electron chi connectivity index (χ2n) is 2.53. The van der Waals surface area contributed by atoms with Gasteiger partial charge in [0.15, 0.2) is 0 Å². The Morgan fingerprint density at radius 1 is 1.25 bits per heavy atom. The quantitative estimate of drug-likeness (QED) is 0.640. The second-order valence-corrected chi connectivity index (χ2v) is 4.02. The molecule has 12 heavy (non-hydrogen) atoms. The van der Waals surface area contributed by atoms with Gasteiger partial charge in [0, 0.05) is 16.1 Å². The highest BCUT2D eigenvalue weighted by Gasteiger charge is 2.05. The summed E-state index contributed by atoms with van der Waals surface area (Å²) in [5, 5.41) is 2.39. The molecule has 2 aromatic rings. The molecule has 0 atom stereocenters. The Balaban J connectivity index is 2.93. The van der Waals surface area contributed by atoms with E-state index < -0.39 is 0 Å². The van der Waals surface area contributed by atoms with Crippen LogP contribution in [0.2, 0.25) is 5.02 Å². The minimum absolute atomic E-state index is 0.701. The van der Waals surface area contributed by atoms with Crippen molar-refractivity contribution in [3.8, 4) is 0 Å². The molecule has 2 rings (SSSR count). The number of nitrogen functional groups attached to an aromatic ring is 2. The van der Waals surface area contributed by atoms with Gasteiger partial charge in [-0.3, -0.25) is 0 Å². The minimum Gasteiger partial charge on any atom is -0.398 e. The van der Waals surface area contributed by atoms with E-state index in [9.17, 15) is 0 Å². The zero-order chi connectivity index (χ0) is 8.72. The first kappa shape index (κ1) is 7.71. The van der Waals surface area contributed by atoms with Crippen molar-refractivity contribution in [3.05, 3.63) is 23.2 Å². The van der Waals surface area contributed by atoms with Crippen molar-refractivity contribution in [1.29, 1.82) is 0 Å². The molecule has 0 aliphatic rings. The normalized spacial score (nSPS) is 10.8. The molecule has 1 aromatic heterocycles. The van der Waals surface area contributed by atoms with Crippen LogP contribution in [-0.2, 0) is 0 Å². The number of halogens is 1. The van der Waals surface area contributed by atoms with Gasteiger partial charge < -0.3 is 11.5 Å². The summed E-state index contributed by atoms with van der Waals surface area (Å²) in [5.74, 6) is 0. The molecule has 4 heteroatoms. The van der Waals surface area contributed by atoms with Gasteiger partial charge >= 0.3 is 0 Å². The molecule has 0 radical (unpaired) electrons. The number of hydrogen-bond donors (Lipinski definition) is 2. The molecule has 62 valence electrons. The van der Waals surface area contributed by atoms with Crippen LogP contribution in [0.3, 0.4) is 0 Å². The van der Waals surface area contributed by atoms with Crippen LogP contribution in [-0.4, -0.2) is 0 Å². The Labute approximate surface area is 78.7 Å². The lowest BCUT2D eigenvalue weighted by Gasteiger charge is -1.95. The molecule has 0 saturated heterocycles. The van der Waals surface area contributed by atoms with Gasteiger partial charge in [-0.15, -0.1) is 11.3 Å². The van der Waals surface area contributed by atoms with Gasteiger partial charge in [-0.1, -0.05) is 11.6 Å². The van der Waals surface area contributed by atoms with Crippen LogP contribution < -0.4 is 11.5 Å². The number of nitrogens with two attached hydrogens (primary N) is 2. The van der Waals surface area contributed by atoms with E-state index >= 15 is 0 Å². The van der Waals surface area contributed by atoms with Gasteiger partial charge in [-0.2, -0.15) is 0 Å². The number of hydrogen-bond acceptors (Lipinski definition) is 3. The molecule has 2 nitrogen and oxygen atoms in total. The van der Waals surface area contributed by atoms with E-state index in [0.29, 0.717) is 5.02 Å². The van der Waals surface area contributed by atoms with Crippen LogP contribution in [0.1, 0.15) is 0 Å². The summed E-state index contributed by atoms with van der Waals surface area (Å²) in [6.45, 7) is 0. The van der Waals surface area contributed by atoms with Gasteiger partial charge in [0.1, 0.15) is 0 Å². The van der Waals surface area contributed by atoms with E-state index in [1.807, 2.05) is 6.07 Å². The highest BCUT2D eigenvalue weighted by molar-refractivity contribution is 7.23. The zero-order valence-electron chi connectivity index (χ0n) is 6.17. The van der Waals surface area contributed by atoms with Crippen molar-refractivity contribution >= 4 is 43.7 Å². The van der Waals surface area contributed by atoms with E-state index in [-0.39, 0.29) is 0 Å².